The van der Waals surface area contributed by atoms with Crippen molar-refractivity contribution in [2.75, 3.05) is 20.2 Å². The van der Waals surface area contributed by atoms with E-state index in [0.717, 1.165) is 22.3 Å². The van der Waals surface area contributed by atoms with Crippen LogP contribution in [-0.4, -0.2) is 42.4 Å². The first-order valence-corrected chi connectivity index (χ1v) is 7.61. The Kier molecular flexibility index (Phi) is 4.48. The van der Waals surface area contributed by atoms with E-state index in [1.165, 1.54) is 12.1 Å². The topological polar surface area (TPSA) is 78.9 Å². The van der Waals surface area contributed by atoms with Gasteiger partial charge in [-0.25, -0.2) is 9.80 Å². The van der Waals surface area contributed by atoms with Crippen LogP contribution in [-0.2, 0) is 9.53 Å². The van der Waals surface area contributed by atoms with Crippen molar-refractivity contribution in [2.24, 2.45) is 0 Å². The molecule has 3 rings (SSSR count). The molecular formula is C18H18N2O4. The minimum Gasteiger partial charge on any atom is -0.480 e. The Hall–Kier alpha value is -2.86. The molecule has 0 fully saturated rings. The first-order chi connectivity index (χ1) is 11.6. The quantitative estimate of drug-likeness (QED) is 0.825. The summed E-state index contributed by atoms with van der Waals surface area (Å²) in [5, 5.41) is 9.85. The Morgan fingerprint density at radius 3 is 2.17 bits per heavy atom. The molecule has 0 saturated carbocycles. The maximum atomic E-state index is 11.8. The predicted octanol–water partition coefficient (Wildman–Crippen LogP) is 2.46. The van der Waals surface area contributed by atoms with E-state index in [2.05, 4.69) is 17.6 Å². The lowest BCUT2D eigenvalue weighted by Gasteiger charge is -2.18. The molecule has 1 amide bonds. The van der Waals surface area contributed by atoms with Crippen LogP contribution in [0.15, 0.2) is 48.5 Å². The number of nitrogens with one attached hydrogen (secondary N) is 1. The zero-order valence-electron chi connectivity index (χ0n) is 13.2. The maximum Gasteiger partial charge on any atom is 0.421 e. The molecule has 6 nitrogen and oxygen atoms in total. The third-order valence-electron chi connectivity index (χ3n) is 4.00. The van der Waals surface area contributed by atoms with E-state index < -0.39 is 12.1 Å². The fourth-order valence-electron chi connectivity index (χ4n) is 3.03. The molecule has 0 atom stereocenters. The van der Waals surface area contributed by atoms with E-state index >= 15 is 0 Å². The smallest absolute Gasteiger partial charge is 0.421 e. The summed E-state index contributed by atoms with van der Waals surface area (Å²) < 4.78 is 5.31. The van der Waals surface area contributed by atoms with E-state index in [1.807, 2.05) is 36.4 Å². The van der Waals surface area contributed by atoms with Crippen molar-refractivity contribution in [3.63, 3.8) is 0 Å². The van der Waals surface area contributed by atoms with Gasteiger partial charge in [-0.15, -0.1) is 0 Å². The van der Waals surface area contributed by atoms with E-state index in [4.69, 9.17) is 9.84 Å². The van der Waals surface area contributed by atoms with Gasteiger partial charge in [0.1, 0.15) is 13.2 Å². The van der Waals surface area contributed by atoms with Gasteiger partial charge in [0.05, 0.1) is 0 Å². The molecule has 0 unspecified atom stereocenters. The number of rotatable bonds is 5. The van der Waals surface area contributed by atoms with Crippen molar-refractivity contribution in [3.8, 4) is 11.1 Å². The van der Waals surface area contributed by atoms with E-state index in [-0.39, 0.29) is 19.1 Å². The molecule has 1 aliphatic carbocycles. The van der Waals surface area contributed by atoms with E-state index in [9.17, 15) is 9.59 Å². The van der Waals surface area contributed by atoms with Crippen LogP contribution in [0.5, 0.6) is 0 Å². The number of benzene rings is 2. The molecule has 1 aliphatic rings. The van der Waals surface area contributed by atoms with Gasteiger partial charge < -0.3 is 9.84 Å². The van der Waals surface area contributed by atoms with Crippen LogP contribution >= 0.6 is 0 Å². The summed E-state index contributed by atoms with van der Waals surface area (Å²) in [5.74, 6) is -1.05. The van der Waals surface area contributed by atoms with Crippen molar-refractivity contribution in [1.82, 2.24) is 10.4 Å². The molecule has 24 heavy (non-hydrogen) atoms. The molecule has 0 radical (unpaired) electrons. The Morgan fingerprint density at radius 1 is 1.08 bits per heavy atom. The normalized spacial score (nSPS) is 12.6. The molecule has 6 heteroatoms. The number of hydrogen-bond donors (Lipinski definition) is 2. The van der Waals surface area contributed by atoms with Gasteiger partial charge >= 0.3 is 12.1 Å². The van der Waals surface area contributed by atoms with Crippen LogP contribution in [0.1, 0.15) is 17.0 Å². The average Bonchev–Trinajstić information content (AvgIpc) is 2.86. The highest BCUT2D eigenvalue weighted by Crippen LogP contribution is 2.44. The van der Waals surface area contributed by atoms with Gasteiger partial charge in [0.15, 0.2) is 0 Å². The first kappa shape index (κ1) is 16.0. The standard InChI is InChI=1S/C18H18N2O4/c1-20(10-17(21)22)19-18(23)24-11-16-14-8-4-2-6-12(14)13-7-3-5-9-15(13)16/h2-9,16H,10-11H2,1H3,(H,19,23)(H,21,22). The molecule has 0 bridgehead atoms. The summed E-state index contributed by atoms with van der Waals surface area (Å²) in [4.78, 5) is 22.4. The number of amides is 1. The number of hydrogen-bond acceptors (Lipinski definition) is 4. The lowest BCUT2D eigenvalue weighted by atomic mass is 9.98. The summed E-state index contributed by atoms with van der Waals surface area (Å²) in [6, 6.07) is 16.1. The number of ether oxygens (including phenoxy) is 1. The number of carboxylic acid groups (broad SMARTS) is 1. The summed E-state index contributed by atoms with van der Waals surface area (Å²) in [7, 11) is 1.47. The second-order valence-corrected chi connectivity index (χ2v) is 5.69. The number of aliphatic carboxylic acids is 1. The van der Waals surface area contributed by atoms with Crippen LogP contribution in [0.2, 0.25) is 0 Å². The van der Waals surface area contributed by atoms with Crippen molar-refractivity contribution >= 4 is 12.1 Å². The molecule has 0 aliphatic heterocycles. The first-order valence-electron chi connectivity index (χ1n) is 7.61. The van der Waals surface area contributed by atoms with Crippen molar-refractivity contribution < 1.29 is 19.4 Å². The van der Waals surface area contributed by atoms with E-state index in [1.54, 1.807) is 0 Å². The SMILES string of the molecule is CN(CC(=O)O)NC(=O)OCC1c2ccccc2-c2ccccc21. The highest BCUT2D eigenvalue weighted by Gasteiger charge is 2.29. The van der Waals surface area contributed by atoms with Gasteiger partial charge in [-0.05, 0) is 22.3 Å². The Labute approximate surface area is 139 Å². The van der Waals surface area contributed by atoms with Gasteiger partial charge in [-0.1, -0.05) is 48.5 Å². The molecule has 0 saturated heterocycles. The van der Waals surface area contributed by atoms with Crippen molar-refractivity contribution in [3.05, 3.63) is 59.7 Å². The van der Waals surface area contributed by atoms with Crippen molar-refractivity contribution in [2.45, 2.75) is 5.92 Å². The fourth-order valence-corrected chi connectivity index (χ4v) is 3.03. The number of carboxylic acids is 1. The second-order valence-electron chi connectivity index (χ2n) is 5.69. The molecule has 0 spiro atoms. The van der Waals surface area contributed by atoms with Gasteiger partial charge in [-0.2, -0.15) is 0 Å². The summed E-state index contributed by atoms with van der Waals surface area (Å²) >= 11 is 0. The largest absolute Gasteiger partial charge is 0.480 e. The molecule has 2 aromatic carbocycles. The van der Waals surface area contributed by atoms with Crippen LogP contribution in [0, 0.1) is 0 Å². The Balaban J connectivity index is 1.69. The predicted molar refractivity (Wildman–Crippen MR) is 88.5 cm³/mol. The number of carbonyl (C=O) groups is 2. The minimum atomic E-state index is -1.03. The summed E-state index contributed by atoms with van der Waals surface area (Å²) in [5.41, 5.74) is 6.95. The zero-order chi connectivity index (χ0) is 17.1. The van der Waals surface area contributed by atoms with Gasteiger partial charge in [-0.3, -0.25) is 10.2 Å². The fraction of sp³-hybridized carbons (Fsp3) is 0.222. The second kappa shape index (κ2) is 6.72. The third kappa shape index (κ3) is 3.23. The number of hydrazine groups is 1. The Morgan fingerprint density at radius 2 is 1.62 bits per heavy atom. The van der Waals surface area contributed by atoms with E-state index in [0.29, 0.717) is 0 Å². The minimum absolute atomic E-state index is 0.0204. The number of likely N-dealkylation sites (N-methyl/N-ethyl adjacent to an activating group) is 1. The molecular weight excluding hydrogens is 308 g/mol. The maximum absolute atomic E-state index is 11.8. The highest BCUT2D eigenvalue weighted by atomic mass is 16.6. The molecule has 0 heterocycles. The van der Waals surface area contributed by atoms with Gasteiger partial charge in [0.25, 0.3) is 0 Å². The molecule has 0 aromatic heterocycles. The van der Waals surface area contributed by atoms with Crippen LogP contribution in [0.3, 0.4) is 0 Å². The van der Waals surface area contributed by atoms with Crippen LogP contribution < -0.4 is 5.43 Å². The monoisotopic (exact) mass is 326 g/mol. The number of nitrogens with zero attached hydrogens (tertiary/aromatic N) is 1. The zero-order valence-corrected chi connectivity index (χ0v) is 13.2. The van der Waals surface area contributed by atoms with Crippen LogP contribution in [0.25, 0.3) is 11.1 Å². The van der Waals surface area contributed by atoms with Crippen molar-refractivity contribution in [1.29, 1.82) is 0 Å². The van der Waals surface area contributed by atoms with Gasteiger partial charge in [0.2, 0.25) is 0 Å². The lowest BCUT2D eigenvalue weighted by Crippen LogP contribution is -2.42. The summed E-state index contributed by atoms with van der Waals surface area (Å²) in [6.45, 7) is -0.106. The Bertz CT molecular complexity index is 730. The third-order valence-corrected chi connectivity index (χ3v) is 4.00. The lowest BCUT2D eigenvalue weighted by molar-refractivity contribution is -0.138. The summed E-state index contributed by atoms with van der Waals surface area (Å²) in [6.07, 6.45) is -0.666. The number of carbonyl (C=O) groups excluding carboxylic acids is 1. The molecule has 2 N–H and O–H groups in total. The number of fused-ring (bicyclic) bond motifs is 3. The van der Waals surface area contributed by atoms with Gasteiger partial charge in [0, 0.05) is 13.0 Å². The average molecular weight is 326 g/mol. The van der Waals surface area contributed by atoms with Crippen LogP contribution in [0.4, 0.5) is 4.79 Å². The molecule has 124 valence electrons. The molecule has 2 aromatic rings. The highest BCUT2D eigenvalue weighted by molar-refractivity contribution is 5.79.